The molecule has 1 aromatic carbocycles. The molecule has 1 aromatic rings. The first-order valence-corrected chi connectivity index (χ1v) is 7.37. The second-order valence-electron chi connectivity index (χ2n) is 5.04. The Morgan fingerprint density at radius 2 is 2.11 bits per heavy atom. The SMILES string of the molecule is COCCNCC(Cc1cccc(Br)c1)C(C)C. The van der Waals surface area contributed by atoms with Crippen molar-refractivity contribution in [1.82, 2.24) is 5.32 Å². The number of rotatable bonds is 8. The molecule has 1 unspecified atom stereocenters. The minimum absolute atomic E-state index is 0.663. The molecule has 0 aromatic heterocycles. The van der Waals surface area contributed by atoms with Gasteiger partial charge in [-0.05, 0) is 42.5 Å². The highest BCUT2D eigenvalue weighted by Crippen LogP contribution is 2.19. The van der Waals surface area contributed by atoms with Gasteiger partial charge in [0.1, 0.15) is 0 Å². The van der Waals surface area contributed by atoms with Crippen molar-refractivity contribution < 1.29 is 4.74 Å². The van der Waals surface area contributed by atoms with Gasteiger partial charge in [0, 0.05) is 18.1 Å². The summed E-state index contributed by atoms with van der Waals surface area (Å²) >= 11 is 3.53. The summed E-state index contributed by atoms with van der Waals surface area (Å²) < 4.78 is 6.21. The predicted octanol–water partition coefficient (Wildman–Crippen LogP) is 3.50. The third-order valence-electron chi connectivity index (χ3n) is 3.22. The Labute approximate surface area is 119 Å². The van der Waals surface area contributed by atoms with Crippen molar-refractivity contribution in [3.8, 4) is 0 Å². The lowest BCUT2D eigenvalue weighted by Crippen LogP contribution is -2.30. The van der Waals surface area contributed by atoms with Gasteiger partial charge in [-0.3, -0.25) is 0 Å². The highest BCUT2D eigenvalue weighted by atomic mass is 79.9. The van der Waals surface area contributed by atoms with Gasteiger partial charge in [0.15, 0.2) is 0 Å². The summed E-state index contributed by atoms with van der Waals surface area (Å²) in [4.78, 5) is 0. The van der Waals surface area contributed by atoms with E-state index in [2.05, 4.69) is 59.4 Å². The number of hydrogen-bond acceptors (Lipinski definition) is 2. The van der Waals surface area contributed by atoms with Gasteiger partial charge in [-0.25, -0.2) is 0 Å². The third-order valence-corrected chi connectivity index (χ3v) is 3.71. The monoisotopic (exact) mass is 313 g/mol. The van der Waals surface area contributed by atoms with Crippen LogP contribution in [0.4, 0.5) is 0 Å². The molecule has 0 fully saturated rings. The molecule has 0 saturated heterocycles. The van der Waals surface area contributed by atoms with Gasteiger partial charge < -0.3 is 10.1 Å². The van der Waals surface area contributed by atoms with Crippen molar-refractivity contribution in [3.05, 3.63) is 34.3 Å². The van der Waals surface area contributed by atoms with Gasteiger partial charge in [0.2, 0.25) is 0 Å². The van der Waals surface area contributed by atoms with Crippen LogP contribution in [0.2, 0.25) is 0 Å². The molecule has 0 heterocycles. The maximum atomic E-state index is 5.05. The molecule has 0 radical (unpaired) electrons. The Morgan fingerprint density at radius 3 is 2.72 bits per heavy atom. The van der Waals surface area contributed by atoms with E-state index in [0.29, 0.717) is 11.8 Å². The van der Waals surface area contributed by atoms with Crippen molar-refractivity contribution in [2.24, 2.45) is 11.8 Å². The molecular weight excluding hydrogens is 290 g/mol. The summed E-state index contributed by atoms with van der Waals surface area (Å²) in [6.07, 6.45) is 1.12. The lowest BCUT2D eigenvalue weighted by molar-refractivity contribution is 0.196. The summed E-state index contributed by atoms with van der Waals surface area (Å²) in [5.41, 5.74) is 1.40. The van der Waals surface area contributed by atoms with E-state index in [0.717, 1.165) is 30.6 Å². The first kappa shape index (κ1) is 15.7. The quantitative estimate of drug-likeness (QED) is 0.742. The summed E-state index contributed by atoms with van der Waals surface area (Å²) in [6.45, 7) is 7.34. The van der Waals surface area contributed by atoms with Gasteiger partial charge in [-0.2, -0.15) is 0 Å². The Hall–Kier alpha value is -0.380. The highest BCUT2D eigenvalue weighted by molar-refractivity contribution is 9.10. The third kappa shape index (κ3) is 5.98. The molecule has 3 heteroatoms. The van der Waals surface area contributed by atoms with E-state index in [1.165, 1.54) is 5.56 Å². The van der Waals surface area contributed by atoms with E-state index in [1.54, 1.807) is 7.11 Å². The van der Waals surface area contributed by atoms with Crippen molar-refractivity contribution in [2.45, 2.75) is 20.3 Å². The topological polar surface area (TPSA) is 21.3 Å². The number of hydrogen-bond donors (Lipinski definition) is 1. The largest absolute Gasteiger partial charge is 0.383 e. The van der Waals surface area contributed by atoms with E-state index in [1.807, 2.05) is 0 Å². The van der Waals surface area contributed by atoms with E-state index >= 15 is 0 Å². The molecule has 1 atom stereocenters. The summed E-state index contributed by atoms with van der Waals surface area (Å²) in [5, 5.41) is 3.47. The normalized spacial score (nSPS) is 12.9. The first-order chi connectivity index (χ1) is 8.63. The van der Waals surface area contributed by atoms with Crippen LogP contribution in [0.5, 0.6) is 0 Å². The highest BCUT2D eigenvalue weighted by Gasteiger charge is 2.13. The summed E-state index contributed by atoms with van der Waals surface area (Å²) in [7, 11) is 1.74. The number of ether oxygens (including phenoxy) is 1. The Bertz CT molecular complexity index is 341. The molecular formula is C15H24BrNO. The van der Waals surface area contributed by atoms with Crippen molar-refractivity contribution >= 4 is 15.9 Å². The molecule has 0 aliphatic carbocycles. The van der Waals surface area contributed by atoms with Gasteiger partial charge in [0.05, 0.1) is 6.61 Å². The van der Waals surface area contributed by atoms with E-state index in [-0.39, 0.29) is 0 Å². The van der Waals surface area contributed by atoms with Crippen LogP contribution in [-0.4, -0.2) is 26.8 Å². The number of nitrogens with one attached hydrogen (secondary N) is 1. The van der Waals surface area contributed by atoms with E-state index in [4.69, 9.17) is 4.74 Å². The fourth-order valence-corrected chi connectivity index (χ4v) is 2.42. The van der Waals surface area contributed by atoms with Crippen LogP contribution in [0, 0.1) is 11.8 Å². The van der Waals surface area contributed by atoms with Crippen molar-refractivity contribution in [2.75, 3.05) is 26.8 Å². The van der Waals surface area contributed by atoms with Crippen LogP contribution in [0.15, 0.2) is 28.7 Å². The molecule has 0 spiro atoms. The second-order valence-corrected chi connectivity index (χ2v) is 5.95. The molecule has 0 bridgehead atoms. The number of halogens is 1. The van der Waals surface area contributed by atoms with Crippen LogP contribution in [0.3, 0.4) is 0 Å². The van der Waals surface area contributed by atoms with Gasteiger partial charge in [-0.15, -0.1) is 0 Å². The average Bonchev–Trinajstić information content (AvgIpc) is 2.33. The Morgan fingerprint density at radius 1 is 1.33 bits per heavy atom. The fraction of sp³-hybridized carbons (Fsp3) is 0.600. The predicted molar refractivity (Wildman–Crippen MR) is 80.9 cm³/mol. The molecule has 18 heavy (non-hydrogen) atoms. The van der Waals surface area contributed by atoms with E-state index < -0.39 is 0 Å². The average molecular weight is 314 g/mol. The van der Waals surface area contributed by atoms with Crippen molar-refractivity contribution in [3.63, 3.8) is 0 Å². The molecule has 1 N–H and O–H groups in total. The zero-order valence-corrected chi connectivity index (χ0v) is 13.2. The van der Waals surface area contributed by atoms with Crippen LogP contribution in [-0.2, 0) is 11.2 Å². The minimum Gasteiger partial charge on any atom is -0.383 e. The Balaban J connectivity index is 2.47. The lowest BCUT2D eigenvalue weighted by atomic mass is 9.89. The zero-order chi connectivity index (χ0) is 13.4. The van der Waals surface area contributed by atoms with Crippen LogP contribution in [0.1, 0.15) is 19.4 Å². The maximum Gasteiger partial charge on any atom is 0.0587 e. The van der Waals surface area contributed by atoms with Gasteiger partial charge >= 0.3 is 0 Å². The molecule has 1 rings (SSSR count). The van der Waals surface area contributed by atoms with Gasteiger partial charge in [0.25, 0.3) is 0 Å². The second kappa shape index (κ2) is 8.68. The molecule has 102 valence electrons. The molecule has 0 amide bonds. The number of benzene rings is 1. The summed E-state index contributed by atoms with van der Waals surface area (Å²) in [5.74, 6) is 1.34. The van der Waals surface area contributed by atoms with Crippen LogP contribution in [0.25, 0.3) is 0 Å². The zero-order valence-electron chi connectivity index (χ0n) is 11.6. The molecule has 0 saturated carbocycles. The molecule has 0 aliphatic heterocycles. The van der Waals surface area contributed by atoms with Crippen LogP contribution >= 0.6 is 15.9 Å². The lowest BCUT2D eigenvalue weighted by Gasteiger charge is -2.21. The molecule has 2 nitrogen and oxygen atoms in total. The fourth-order valence-electron chi connectivity index (χ4n) is 1.97. The summed E-state index contributed by atoms with van der Waals surface area (Å²) in [6, 6.07) is 8.60. The maximum absolute atomic E-state index is 5.05. The van der Waals surface area contributed by atoms with Crippen LogP contribution < -0.4 is 5.32 Å². The van der Waals surface area contributed by atoms with Gasteiger partial charge in [-0.1, -0.05) is 41.9 Å². The smallest absolute Gasteiger partial charge is 0.0587 e. The first-order valence-electron chi connectivity index (χ1n) is 6.57. The standard InChI is InChI=1S/C15H24BrNO/c1-12(2)14(11-17-7-8-18-3)9-13-5-4-6-15(16)10-13/h4-6,10,12,14,17H,7-9,11H2,1-3H3. The van der Waals surface area contributed by atoms with E-state index in [9.17, 15) is 0 Å². The Kier molecular flexibility index (Phi) is 7.56. The molecule has 0 aliphatic rings. The number of methoxy groups -OCH3 is 1. The van der Waals surface area contributed by atoms with Crippen molar-refractivity contribution in [1.29, 1.82) is 0 Å². The minimum atomic E-state index is 0.663.